The second kappa shape index (κ2) is 11.1. The summed E-state index contributed by atoms with van der Waals surface area (Å²) in [5, 5.41) is 19.9. The molecule has 5 aliphatic heterocycles. The third-order valence-corrected chi connectivity index (χ3v) is 10.8. The van der Waals surface area contributed by atoms with Crippen molar-refractivity contribution >= 4 is 28.4 Å². The van der Waals surface area contributed by atoms with Crippen molar-refractivity contribution in [2.45, 2.75) is 75.0 Å². The van der Waals surface area contributed by atoms with Crippen LogP contribution in [0.25, 0.3) is 10.9 Å². The molecule has 2 amide bonds. The predicted molar refractivity (Wildman–Crippen MR) is 167 cm³/mol. The van der Waals surface area contributed by atoms with Crippen LogP contribution in [0.15, 0.2) is 42.6 Å². The van der Waals surface area contributed by atoms with E-state index in [4.69, 9.17) is 4.74 Å². The van der Waals surface area contributed by atoms with Gasteiger partial charge in [0.15, 0.2) is 0 Å². The van der Waals surface area contributed by atoms with Gasteiger partial charge in [-0.1, -0.05) is 12.2 Å². The van der Waals surface area contributed by atoms with E-state index in [0.717, 1.165) is 38.0 Å². The second-order valence-electron chi connectivity index (χ2n) is 13.6. The van der Waals surface area contributed by atoms with Gasteiger partial charge < -0.3 is 24.4 Å². The number of carbonyl (C=O) groups is 2. The maximum absolute atomic E-state index is 13.8. The lowest BCUT2D eigenvalue weighted by molar-refractivity contribution is -0.172. The standard InChI is InChI=1S/C32H45N9O3/c1-37(2)32(10-11-32)20-38-14-9-21-15-22(7-8-25(21)38)35-31-34-18-24-28(36-31)41-23-16-26-29(33-17-23)44-19-27(42)39(26)12-5-3-4-6-13-40(41)30(24)43/h4,6-9,14-15,23-24,26,28-29,31,33-36H,3,5,10-13,16-20H2,1-2H3/b6-4-. The summed E-state index contributed by atoms with van der Waals surface area (Å²) in [5.74, 6) is -0.00472. The topological polar surface area (TPSA) is 109 Å². The minimum Gasteiger partial charge on any atom is -0.358 e. The summed E-state index contributed by atoms with van der Waals surface area (Å²) in [5.41, 5.74) is 2.56. The van der Waals surface area contributed by atoms with Crippen molar-refractivity contribution in [2.24, 2.45) is 5.92 Å². The number of nitrogens with one attached hydrogen (secondary N) is 4. The third-order valence-electron chi connectivity index (χ3n) is 10.8. The van der Waals surface area contributed by atoms with E-state index in [1.54, 1.807) is 0 Å². The number of aromatic nitrogens is 1. The Hall–Kier alpha value is -3.00. The number of amides is 2. The van der Waals surface area contributed by atoms with Gasteiger partial charge >= 0.3 is 0 Å². The highest BCUT2D eigenvalue weighted by molar-refractivity contribution is 5.84. The van der Waals surface area contributed by atoms with E-state index < -0.39 is 0 Å². The minimum atomic E-state index is -0.204. The van der Waals surface area contributed by atoms with Crippen LogP contribution in [0.1, 0.15) is 32.1 Å². The van der Waals surface area contributed by atoms with E-state index in [9.17, 15) is 9.59 Å². The third kappa shape index (κ3) is 4.92. The van der Waals surface area contributed by atoms with Crippen LogP contribution in [0.5, 0.6) is 0 Å². The van der Waals surface area contributed by atoms with Crippen molar-refractivity contribution in [3.05, 3.63) is 42.6 Å². The van der Waals surface area contributed by atoms with Gasteiger partial charge in [-0.05, 0) is 70.5 Å². The fourth-order valence-corrected chi connectivity index (χ4v) is 8.07. The van der Waals surface area contributed by atoms with Crippen molar-refractivity contribution in [1.82, 2.24) is 40.3 Å². The van der Waals surface area contributed by atoms with Gasteiger partial charge in [0.05, 0.1) is 24.7 Å². The van der Waals surface area contributed by atoms with Crippen LogP contribution in [0, 0.1) is 5.92 Å². The molecule has 2 bridgehead atoms. The lowest BCUT2D eigenvalue weighted by atomic mass is 9.95. The van der Waals surface area contributed by atoms with Gasteiger partial charge in [-0.2, -0.15) is 5.01 Å². The molecule has 12 nitrogen and oxygen atoms in total. The van der Waals surface area contributed by atoms with E-state index in [2.05, 4.69) is 92.5 Å². The Balaban J connectivity index is 1.01. The quantitative estimate of drug-likeness (QED) is 0.371. The number of hydrogen-bond acceptors (Lipinski definition) is 9. The van der Waals surface area contributed by atoms with Crippen LogP contribution in [-0.2, 0) is 20.9 Å². The number of likely N-dealkylation sites (N-methyl/N-ethyl adjacent to an activating group) is 1. The largest absolute Gasteiger partial charge is 0.358 e. The number of allylic oxidation sites excluding steroid dienone is 1. The van der Waals surface area contributed by atoms with Gasteiger partial charge in [0.25, 0.3) is 0 Å². The van der Waals surface area contributed by atoms with Crippen molar-refractivity contribution < 1.29 is 14.3 Å². The summed E-state index contributed by atoms with van der Waals surface area (Å²) in [6, 6.07) is 8.77. The molecule has 44 heavy (non-hydrogen) atoms. The zero-order valence-electron chi connectivity index (χ0n) is 25.7. The first-order chi connectivity index (χ1) is 21.4. The molecule has 1 aliphatic carbocycles. The number of rotatable bonds is 5. The SMILES string of the molecule is CN(C)C1(Cn2ccc3cc(NC4NCC5C(=O)N6C/C=C\CCCN7C(=O)COC8NCC(CC87)N6C5N4)ccc32)CC1. The highest BCUT2D eigenvalue weighted by Gasteiger charge is 2.53. The number of ether oxygens (including phenoxy) is 1. The number of nitrogens with zero attached hydrogens (tertiary/aromatic N) is 5. The van der Waals surface area contributed by atoms with Crippen LogP contribution in [0.4, 0.5) is 5.69 Å². The van der Waals surface area contributed by atoms with Crippen molar-refractivity contribution in [2.75, 3.05) is 52.2 Å². The molecular weight excluding hydrogens is 558 g/mol. The first-order valence-electron chi connectivity index (χ1n) is 16.3. The highest BCUT2D eigenvalue weighted by atomic mass is 16.5. The molecule has 6 heterocycles. The first kappa shape index (κ1) is 28.5. The Morgan fingerprint density at radius 1 is 1.11 bits per heavy atom. The summed E-state index contributed by atoms with van der Waals surface area (Å²) in [4.78, 5) is 31.0. The molecule has 1 saturated carbocycles. The highest BCUT2D eigenvalue weighted by Crippen LogP contribution is 2.42. The molecule has 12 heteroatoms. The van der Waals surface area contributed by atoms with Gasteiger partial charge in [-0.3, -0.25) is 30.5 Å². The molecule has 8 rings (SSSR count). The molecule has 0 radical (unpaired) electrons. The summed E-state index contributed by atoms with van der Waals surface area (Å²) < 4.78 is 8.29. The maximum atomic E-state index is 13.8. The summed E-state index contributed by atoms with van der Waals surface area (Å²) >= 11 is 0. The zero-order chi connectivity index (χ0) is 30.0. The molecule has 236 valence electrons. The van der Waals surface area contributed by atoms with Crippen molar-refractivity contribution in [3.8, 4) is 0 Å². The molecule has 6 unspecified atom stereocenters. The molecule has 1 aromatic carbocycles. The Labute approximate surface area is 258 Å². The van der Waals surface area contributed by atoms with E-state index >= 15 is 0 Å². The van der Waals surface area contributed by atoms with Crippen molar-refractivity contribution in [3.63, 3.8) is 0 Å². The number of benzene rings is 1. The van der Waals surface area contributed by atoms with E-state index in [-0.39, 0.29) is 60.6 Å². The average Bonchev–Trinajstić information content (AvgIpc) is 3.63. The fourth-order valence-electron chi connectivity index (χ4n) is 8.07. The Morgan fingerprint density at radius 3 is 2.84 bits per heavy atom. The molecular formula is C32H45N9O3. The molecule has 2 aromatic rings. The molecule has 6 aliphatic rings. The van der Waals surface area contributed by atoms with Gasteiger partial charge in [-0.25, -0.2) is 0 Å². The van der Waals surface area contributed by atoms with Crippen LogP contribution < -0.4 is 21.3 Å². The lowest BCUT2D eigenvalue weighted by Crippen LogP contribution is -2.70. The van der Waals surface area contributed by atoms with Crippen LogP contribution in [0.3, 0.4) is 0 Å². The number of anilines is 1. The Morgan fingerprint density at radius 2 is 2.00 bits per heavy atom. The summed E-state index contributed by atoms with van der Waals surface area (Å²) in [6.45, 7) is 3.69. The molecule has 6 atom stereocenters. The fraction of sp³-hybridized carbons (Fsp3) is 0.625. The van der Waals surface area contributed by atoms with Gasteiger partial charge in [0.2, 0.25) is 11.8 Å². The number of morpholine rings is 1. The Kier molecular flexibility index (Phi) is 7.19. The van der Waals surface area contributed by atoms with Crippen LogP contribution in [-0.4, -0.2) is 119 Å². The van der Waals surface area contributed by atoms with Gasteiger partial charge in [0, 0.05) is 60.5 Å². The zero-order valence-corrected chi connectivity index (χ0v) is 25.7. The Bertz CT molecular complexity index is 1450. The number of carbonyl (C=O) groups excluding carboxylic acids is 2. The van der Waals surface area contributed by atoms with Gasteiger partial charge in [-0.15, -0.1) is 0 Å². The predicted octanol–water partition coefficient (Wildman–Crippen LogP) is 0.891. The summed E-state index contributed by atoms with van der Waals surface area (Å²) in [7, 11) is 4.37. The summed E-state index contributed by atoms with van der Waals surface area (Å²) in [6.07, 6.45) is 11.0. The monoisotopic (exact) mass is 603 g/mol. The number of hydrazine groups is 1. The van der Waals surface area contributed by atoms with E-state index in [0.29, 0.717) is 19.6 Å². The van der Waals surface area contributed by atoms with Crippen LogP contribution in [0.2, 0.25) is 0 Å². The molecule has 0 spiro atoms. The number of piperidine rings is 1. The van der Waals surface area contributed by atoms with Crippen molar-refractivity contribution in [1.29, 1.82) is 0 Å². The van der Waals surface area contributed by atoms with E-state index in [1.165, 1.54) is 23.7 Å². The second-order valence-corrected chi connectivity index (χ2v) is 13.6. The average molecular weight is 604 g/mol. The lowest BCUT2D eigenvalue weighted by Gasteiger charge is -2.50. The minimum absolute atomic E-state index is 0.0410. The smallest absolute Gasteiger partial charge is 0.249 e. The van der Waals surface area contributed by atoms with Gasteiger partial charge in [0.1, 0.15) is 19.1 Å². The maximum Gasteiger partial charge on any atom is 0.249 e. The van der Waals surface area contributed by atoms with E-state index in [1.807, 2.05) is 9.91 Å². The molecule has 5 fully saturated rings. The molecule has 1 aromatic heterocycles. The number of fused-ring (bicyclic) bond motifs is 6. The number of hydrogen-bond donors (Lipinski definition) is 4. The first-order valence-corrected chi connectivity index (χ1v) is 16.3. The molecule has 4 saturated heterocycles. The molecule has 4 N–H and O–H groups in total. The normalized spacial score (nSPS) is 34.3. The van der Waals surface area contributed by atoms with Crippen LogP contribution >= 0.6 is 0 Å².